The van der Waals surface area contributed by atoms with E-state index in [2.05, 4.69) is 0 Å². The third kappa shape index (κ3) is 4.05. The van der Waals surface area contributed by atoms with Crippen LogP contribution < -0.4 is 4.90 Å². The SMILES string of the molecule is CC12C(=O)N(c3ccc(F)c(Cl)c3)C(=O)C1CC1C(=CCC3C(=O)N(Cc4cccs4)C(=O)C31)C2c1cc(Cl)ccc1O. The zero-order valence-electron chi connectivity index (χ0n) is 22.8. The molecule has 3 aromatic rings. The number of imide groups is 2. The molecule has 220 valence electrons. The van der Waals surface area contributed by atoms with Gasteiger partial charge in [-0.15, -0.1) is 11.3 Å². The van der Waals surface area contributed by atoms with Crippen molar-refractivity contribution in [3.8, 4) is 5.75 Å². The summed E-state index contributed by atoms with van der Waals surface area (Å²) in [6, 6.07) is 12.0. The second-order valence-corrected chi connectivity index (χ2v) is 13.7. The molecule has 43 heavy (non-hydrogen) atoms. The molecule has 3 fully saturated rings. The topological polar surface area (TPSA) is 95.0 Å². The van der Waals surface area contributed by atoms with Gasteiger partial charge in [-0.3, -0.25) is 24.1 Å². The first-order valence-corrected chi connectivity index (χ1v) is 15.5. The molecule has 0 bridgehead atoms. The van der Waals surface area contributed by atoms with Gasteiger partial charge in [-0.05, 0) is 73.5 Å². The molecule has 2 aliphatic carbocycles. The molecular weight excluding hydrogens is 614 g/mol. The van der Waals surface area contributed by atoms with Gasteiger partial charge < -0.3 is 5.11 Å². The van der Waals surface area contributed by atoms with Gasteiger partial charge in [0.1, 0.15) is 11.6 Å². The number of anilines is 1. The van der Waals surface area contributed by atoms with Crippen LogP contribution in [0, 0.1) is 34.9 Å². The van der Waals surface area contributed by atoms with Gasteiger partial charge in [-0.2, -0.15) is 0 Å². The van der Waals surface area contributed by atoms with Gasteiger partial charge in [0.15, 0.2) is 0 Å². The second kappa shape index (κ2) is 10.0. The Balaban J connectivity index is 1.36. The van der Waals surface area contributed by atoms with Crippen LogP contribution in [0.3, 0.4) is 0 Å². The molecule has 11 heteroatoms. The Morgan fingerprint density at radius 3 is 2.53 bits per heavy atom. The van der Waals surface area contributed by atoms with Crippen molar-refractivity contribution >= 4 is 63.9 Å². The number of halogens is 3. The number of phenols is 1. The van der Waals surface area contributed by atoms with Crippen molar-refractivity contribution in [2.24, 2.45) is 29.1 Å². The first-order chi connectivity index (χ1) is 20.5. The quantitative estimate of drug-likeness (QED) is 0.266. The fourth-order valence-corrected chi connectivity index (χ4v) is 8.81. The molecule has 6 atom stereocenters. The van der Waals surface area contributed by atoms with E-state index in [1.807, 2.05) is 23.6 Å². The first kappa shape index (κ1) is 28.3. The fraction of sp³-hybridized carbons (Fsp3) is 0.312. The standard InChI is InChI=1S/C32H25Cl2FN2O5S/c1-32-22(29(40)37(31(32)42)16-5-8-24(35)23(34)12-16)13-20-18(27(32)21-11-15(33)4-9-25(21)38)6-7-19-26(20)30(41)36(28(19)39)14-17-3-2-10-43-17/h2-6,8-12,19-20,22,26-27,38H,7,13-14H2,1H3. The van der Waals surface area contributed by atoms with Crippen LogP contribution in [-0.4, -0.2) is 33.6 Å². The molecular formula is C32H25Cl2FN2O5S. The van der Waals surface area contributed by atoms with Crippen molar-refractivity contribution in [1.29, 1.82) is 0 Å². The predicted octanol–water partition coefficient (Wildman–Crippen LogP) is 6.33. The lowest BCUT2D eigenvalue weighted by Gasteiger charge is -2.49. The van der Waals surface area contributed by atoms with Crippen molar-refractivity contribution in [1.82, 2.24) is 4.90 Å². The summed E-state index contributed by atoms with van der Waals surface area (Å²) in [5.74, 6) is -5.90. The molecule has 6 unspecified atom stereocenters. The number of likely N-dealkylation sites (tertiary alicyclic amines) is 1. The molecule has 0 spiro atoms. The largest absolute Gasteiger partial charge is 0.508 e. The summed E-state index contributed by atoms with van der Waals surface area (Å²) in [5, 5.41) is 13.1. The second-order valence-electron chi connectivity index (χ2n) is 11.8. The van der Waals surface area contributed by atoms with E-state index in [-0.39, 0.29) is 41.2 Å². The predicted molar refractivity (Wildman–Crippen MR) is 159 cm³/mol. The number of allylic oxidation sites excluding steroid dienone is 2. The van der Waals surface area contributed by atoms with E-state index < -0.39 is 52.6 Å². The summed E-state index contributed by atoms with van der Waals surface area (Å²) < 4.78 is 14.0. The Kier molecular flexibility index (Phi) is 6.57. The molecule has 4 amide bonds. The third-order valence-corrected chi connectivity index (χ3v) is 11.1. The Morgan fingerprint density at radius 1 is 1.02 bits per heavy atom. The number of rotatable bonds is 4. The monoisotopic (exact) mass is 638 g/mol. The molecule has 1 saturated carbocycles. The summed E-state index contributed by atoms with van der Waals surface area (Å²) in [4.78, 5) is 59.3. The summed E-state index contributed by atoms with van der Waals surface area (Å²) in [6.07, 6.45) is 2.36. The summed E-state index contributed by atoms with van der Waals surface area (Å²) >= 11 is 13.9. The number of aromatic hydroxyl groups is 1. The number of benzene rings is 2. The van der Waals surface area contributed by atoms with E-state index in [0.29, 0.717) is 17.0 Å². The summed E-state index contributed by atoms with van der Waals surface area (Å²) in [5.41, 5.74) is -0.147. The van der Waals surface area contributed by atoms with Crippen molar-refractivity contribution < 1.29 is 28.7 Å². The van der Waals surface area contributed by atoms with E-state index in [0.717, 1.165) is 21.4 Å². The highest BCUT2D eigenvalue weighted by atomic mass is 35.5. The maximum absolute atomic E-state index is 14.4. The van der Waals surface area contributed by atoms with Crippen LogP contribution >= 0.6 is 34.5 Å². The molecule has 0 radical (unpaired) electrons. The molecule has 7 nitrogen and oxygen atoms in total. The van der Waals surface area contributed by atoms with E-state index in [1.165, 1.54) is 40.5 Å². The van der Waals surface area contributed by atoms with Crippen molar-refractivity contribution in [2.45, 2.75) is 32.2 Å². The lowest BCUT2D eigenvalue weighted by molar-refractivity contribution is -0.141. The minimum Gasteiger partial charge on any atom is -0.508 e. The molecule has 7 rings (SSSR count). The number of thiophene rings is 1. The van der Waals surface area contributed by atoms with Crippen molar-refractivity contribution in [3.63, 3.8) is 0 Å². The molecule has 1 N–H and O–H groups in total. The van der Waals surface area contributed by atoms with Crippen LogP contribution in [-0.2, 0) is 25.7 Å². The highest BCUT2D eigenvalue weighted by Gasteiger charge is 2.68. The van der Waals surface area contributed by atoms with Gasteiger partial charge >= 0.3 is 0 Å². The number of hydrogen-bond donors (Lipinski definition) is 1. The van der Waals surface area contributed by atoms with Crippen molar-refractivity contribution in [3.05, 3.63) is 91.9 Å². The molecule has 4 aliphatic rings. The number of amides is 4. The van der Waals surface area contributed by atoms with E-state index >= 15 is 0 Å². The highest BCUT2D eigenvalue weighted by molar-refractivity contribution is 7.09. The molecule has 2 aliphatic heterocycles. The maximum Gasteiger partial charge on any atom is 0.241 e. The van der Waals surface area contributed by atoms with Gasteiger partial charge in [-0.25, -0.2) is 9.29 Å². The number of carbonyl (C=O) groups excluding carboxylic acids is 4. The van der Waals surface area contributed by atoms with Crippen LogP contribution in [0.1, 0.15) is 36.1 Å². The van der Waals surface area contributed by atoms with Gasteiger partial charge in [0.25, 0.3) is 0 Å². The van der Waals surface area contributed by atoms with E-state index in [4.69, 9.17) is 23.2 Å². The number of nitrogens with zero attached hydrogens (tertiary/aromatic N) is 2. The van der Waals surface area contributed by atoms with Crippen LogP contribution in [0.5, 0.6) is 5.75 Å². The number of fused-ring (bicyclic) bond motifs is 4. The Labute approximate surface area is 260 Å². The Bertz CT molecular complexity index is 1760. The molecule has 3 heterocycles. The Morgan fingerprint density at radius 2 is 1.81 bits per heavy atom. The molecule has 1 aromatic heterocycles. The van der Waals surface area contributed by atoms with Crippen LogP contribution in [0.2, 0.25) is 10.0 Å². The first-order valence-electron chi connectivity index (χ1n) is 13.9. The van der Waals surface area contributed by atoms with Crippen LogP contribution in [0.15, 0.2) is 65.6 Å². The average Bonchev–Trinajstić information content (AvgIpc) is 3.63. The minimum atomic E-state index is -1.38. The number of phenolic OH excluding ortho intramolecular Hbond substituents is 1. The van der Waals surface area contributed by atoms with E-state index in [1.54, 1.807) is 13.0 Å². The fourth-order valence-electron chi connectivity index (χ4n) is 7.77. The van der Waals surface area contributed by atoms with Gasteiger partial charge in [0.2, 0.25) is 23.6 Å². The summed E-state index contributed by atoms with van der Waals surface area (Å²) in [7, 11) is 0. The summed E-state index contributed by atoms with van der Waals surface area (Å²) in [6.45, 7) is 1.88. The molecule has 2 aromatic carbocycles. The van der Waals surface area contributed by atoms with Gasteiger partial charge in [0, 0.05) is 21.4 Å². The maximum atomic E-state index is 14.4. The Hall–Kier alpha value is -3.53. The number of carbonyl (C=O) groups is 4. The third-order valence-electron chi connectivity index (χ3n) is 9.72. The lowest BCUT2D eigenvalue weighted by atomic mass is 9.51. The average molecular weight is 640 g/mol. The van der Waals surface area contributed by atoms with Gasteiger partial charge in [0.05, 0.1) is 40.4 Å². The van der Waals surface area contributed by atoms with E-state index in [9.17, 15) is 28.7 Å². The van der Waals surface area contributed by atoms with Gasteiger partial charge in [-0.1, -0.05) is 40.9 Å². The van der Waals surface area contributed by atoms with Crippen LogP contribution in [0.25, 0.3) is 0 Å². The zero-order valence-corrected chi connectivity index (χ0v) is 25.1. The smallest absolute Gasteiger partial charge is 0.241 e. The highest BCUT2D eigenvalue weighted by Crippen LogP contribution is 2.64. The normalized spacial score (nSPS) is 30.0. The lowest BCUT2D eigenvalue weighted by Crippen LogP contribution is -2.48. The minimum absolute atomic E-state index is 0.102. The zero-order chi connectivity index (χ0) is 30.4. The van der Waals surface area contributed by atoms with Crippen LogP contribution in [0.4, 0.5) is 10.1 Å². The molecule has 2 saturated heterocycles. The van der Waals surface area contributed by atoms with Crippen molar-refractivity contribution in [2.75, 3.05) is 4.90 Å². The number of hydrogen-bond acceptors (Lipinski definition) is 6.